The number of nitrogens with one attached hydrogen (secondary N) is 1. The summed E-state index contributed by atoms with van der Waals surface area (Å²) in [7, 11) is 0. The zero-order valence-corrected chi connectivity index (χ0v) is 16.5. The van der Waals surface area contributed by atoms with Crippen molar-refractivity contribution in [2.24, 2.45) is 0 Å². The molecule has 29 heavy (non-hydrogen) atoms. The molecular weight excluding hydrogens is 371 g/mol. The standard InChI is InChI=1S/C21H21FN6O/c1-4-28-20-19(14(3)26-28)18(8-13(2)24-20)21(29)25-17-10-23-27(12-17)11-15-6-5-7-16(22)9-15/h5-10,12H,4,11H2,1-3H3,(H,25,29). The molecular formula is C21H21FN6O. The molecule has 1 N–H and O–H groups in total. The van der Waals surface area contributed by atoms with Gasteiger partial charge in [-0.3, -0.25) is 9.48 Å². The minimum absolute atomic E-state index is 0.246. The predicted molar refractivity (Wildman–Crippen MR) is 108 cm³/mol. The van der Waals surface area contributed by atoms with Crippen LogP contribution in [0.3, 0.4) is 0 Å². The Balaban J connectivity index is 1.59. The van der Waals surface area contributed by atoms with Crippen molar-refractivity contribution in [3.05, 3.63) is 71.1 Å². The number of aromatic nitrogens is 5. The van der Waals surface area contributed by atoms with Gasteiger partial charge in [0.25, 0.3) is 5.91 Å². The second-order valence-electron chi connectivity index (χ2n) is 6.92. The number of nitrogens with zero attached hydrogens (tertiary/aromatic N) is 5. The van der Waals surface area contributed by atoms with Gasteiger partial charge in [-0.1, -0.05) is 12.1 Å². The first-order chi connectivity index (χ1) is 13.9. The lowest BCUT2D eigenvalue weighted by Gasteiger charge is -2.07. The smallest absolute Gasteiger partial charge is 0.256 e. The van der Waals surface area contributed by atoms with Crippen LogP contribution < -0.4 is 5.32 Å². The van der Waals surface area contributed by atoms with Crippen molar-refractivity contribution in [3.63, 3.8) is 0 Å². The first-order valence-electron chi connectivity index (χ1n) is 9.37. The van der Waals surface area contributed by atoms with E-state index in [0.29, 0.717) is 30.0 Å². The van der Waals surface area contributed by atoms with Crippen molar-refractivity contribution in [1.29, 1.82) is 0 Å². The second kappa shape index (κ2) is 7.46. The van der Waals surface area contributed by atoms with Gasteiger partial charge < -0.3 is 5.32 Å². The fourth-order valence-electron chi connectivity index (χ4n) is 3.41. The number of anilines is 1. The molecule has 0 fully saturated rings. The fourth-order valence-corrected chi connectivity index (χ4v) is 3.41. The van der Waals surface area contributed by atoms with Gasteiger partial charge in [-0.05, 0) is 44.5 Å². The number of hydrogen-bond acceptors (Lipinski definition) is 4. The summed E-state index contributed by atoms with van der Waals surface area (Å²) < 4.78 is 16.8. The highest BCUT2D eigenvalue weighted by Gasteiger charge is 2.19. The van der Waals surface area contributed by atoms with Crippen molar-refractivity contribution in [3.8, 4) is 0 Å². The second-order valence-corrected chi connectivity index (χ2v) is 6.92. The maximum absolute atomic E-state index is 13.4. The average molecular weight is 392 g/mol. The lowest BCUT2D eigenvalue weighted by molar-refractivity contribution is 0.102. The zero-order chi connectivity index (χ0) is 20.5. The third kappa shape index (κ3) is 3.73. The molecule has 0 saturated heterocycles. The van der Waals surface area contributed by atoms with E-state index in [-0.39, 0.29) is 11.7 Å². The van der Waals surface area contributed by atoms with E-state index in [9.17, 15) is 9.18 Å². The summed E-state index contributed by atoms with van der Waals surface area (Å²) in [6.07, 6.45) is 3.29. The maximum Gasteiger partial charge on any atom is 0.256 e. The SMILES string of the molecule is CCn1nc(C)c2c(C(=O)Nc3cnn(Cc4cccc(F)c4)c3)cc(C)nc21. The van der Waals surface area contributed by atoms with Crippen LogP contribution in [-0.2, 0) is 13.1 Å². The molecule has 0 bridgehead atoms. The molecule has 0 aliphatic heterocycles. The number of hydrogen-bond donors (Lipinski definition) is 1. The van der Waals surface area contributed by atoms with Crippen LogP contribution in [0.25, 0.3) is 11.0 Å². The lowest BCUT2D eigenvalue weighted by Crippen LogP contribution is -2.13. The van der Waals surface area contributed by atoms with E-state index in [1.54, 1.807) is 33.9 Å². The average Bonchev–Trinajstić information content (AvgIpc) is 3.24. The molecule has 0 unspecified atom stereocenters. The van der Waals surface area contributed by atoms with E-state index in [1.165, 1.54) is 12.1 Å². The highest BCUT2D eigenvalue weighted by atomic mass is 19.1. The highest BCUT2D eigenvalue weighted by Crippen LogP contribution is 2.23. The normalized spacial score (nSPS) is 11.2. The fraction of sp³-hybridized carbons (Fsp3) is 0.238. The highest BCUT2D eigenvalue weighted by molar-refractivity contribution is 6.12. The minimum atomic E-state index is -0.289. The number of benzene rings is 1. The van der Waals surface area contributed by atoms with Gasteiger partial charge in [0.15, 0.2) is 5.65 Å². The van der Waals surface area contributed by atoms with Crippen molar-refractivity contribution in [1.82, 2.24) is 24.5 Å². The van der Waals surface area contributed by atoms with Crippen LogP contribution >= 0.6 is 0 Å². The molecule has 0 spiro atoms. The van der Waals surface area contributed by atoms with Gasteiger partial charge in [-0.25, -0.2) is 14.1 Å². The third-order valence-corrected chi connectivity index (χ3v) is 4.67. The van der Waals surface area contributed by atoms with E-state index >= 15 is 0 Å². The summed E-state index contributed by atoms with van der Waals surface area (Å²) in [5.41, 5.74) is 4.11. The summed E-state index contributed by atoms with van der Waals surface area (Å²) >= 11 is 0. The predicted octanol–water partition coefficient (Wildman–Crippen LogP) is 3.70. The molecule has 8 heteroatoms. The first kappa shape index (κ1) is 18.8. The van der Waals surface area contributed by atoms with E-state index in [2.05, 4.69) is 20.5 Å². The van der Waals surface area contributed by atoms with E-state index in [4.69, 9.17) is 0 Å². The summed E-state index contributed by atoms with van der Waals surface area (Å²) in [6.45, 7) is 6.81. The Kier molecular flexibility index (Phi) is 4.84. The molecule has 4 aromatic rings. The van der Waals surface area contributed by atoms with Crippen molar-refractivity contribution in [2.75, 3.05) is 5.32 Å². The van der Waals surface area contributed by atoms with Gasteiger partial charge in [0.1, 0.15) is 5.82 Å². The number of carbonyl (C=O) groups excluding carboxylic acids is 1. The molecule has 3 heterocycles. The van der Waals surface area contributed by atoms with Crippen LogP contribution in [0.5, 0.6) is 0 Å². The quantitative estimate of drug-likeness (QED) is 0.562. The summed E-state index contributed by atoms with van der Waals surface area (Å²) in [5, 5.41) is 12.4. The Labute approximate surface area is 167 Å². The number of pyridine rings is 1. The number of halogens is 1. The van der Waals surface area contributed by atoms with E-state index in [0.717, 1.165) is 22.3 Å². The van der Waals surface area contributed by atoms with Gasteiger partial charge in [-0.2, -0.15) is 10.2 Å². The molecule has 0 saturated carbocycles. The maximum atomic E-state index is 13.4. The number of aryl methyl sites for hydroxylation is 3. The van der Waals surface area contributed by atoms with Crippen LogP contribution in [0.1, 0.15) is 34.2 Å². The number of rotatable bonds is 5. The number of fused-ring (bicyclic) bond motifs is 1. The van der Waals surface area contributed by atoms with Gasteiger partial charge in [0.05, 0.1) is 35.1 Å². The Hall–Kier alpha value is -3.55. The topological polar surface area (TPSA) is 77.6 Å². The molecule has 0 atom stereocenters. The van der Waals surface area contributed by atoms with Crippen molar-refractivity contribution < 1.29 is 9.18 Å². The van der Waals surface area contributed by atoms with Crippen LogP contribution in [0.15, 0.2) is 42.7 Å². The molecule has 0 aliphatic carbocycles. The van der Waals surface area contributed by atoms with Crippen molar-refractivity contribution in [2.45, 2.75) is 33.9 Å². The van der Waals surface area contributed by atoms with Gasteiger partial charge in [0, 0.05) is 18.4 Å². The van der Waals surface area contributed by atoms with Crippen LogP contribution in [0, 0.1) is 19.7 Å². The molecule has 4 rings (SSSR count). The van der Waals surface area contributed by atoms with Gasteiger partial charge in [-0.15, -0.1) is 0 Å². The molecule has 3 aromatic heterocycles. The summed E-state index contributed by atoms with van der Waals surface area (Å²) in [6, 6.07) is 8.12. The third-order valence-electron chi connectivity index (χ3n) is 4.67. The Bertz CT molecular complexity index is 1210. The number of amides is 1. The molecule has 0 radical (unpaired) electrons. The van der Waals surface area contributed by atoms with Gasteiger partial charge in [0.2, 0.25) is 0 Å². The Morgan fingerprint density at radius 3 is 2.83 bits per heavy atom. The Morgan fingerprint density at radius 1 is 1.24 bits per heavy atom. The molecule has 1 aromatic carbocycles. The minimum Gasteiger partial charge on any atom is -0.319 e. The Morgan fingerprint density at radius 2 is 2.07 bits per heavy atom. The molecule has 7 nitrogen and oxygen atoms in total. The zero-order valence-electron chi connectivity index (χ0n) is 16.5. The van der Waals surface area contributed by atoms with Crippen LogP contribution in [-0.4, -0.2) is 30.5 Å². The molecule has 0 aliphatic rings. The lowest BCUT2D eigenvalue weighted by atomic mass is 10.1. The summed E-state index contributed by atoms with van der Waals surface area (Å²) in [4.78, 5) is 17.5. The van der Waals surface area contributed by atoms with Crippen molar-refractivity contribution >= 4 is 22.6 Å². The van der Waals surface area contributed by atoms with Gasteiger partial charge >= 0.3 is 0 Å². The van der Waals surface area contributed by atoms with Crippen LogP contribution in [0.4, 0.5) is 10.1 Å². The van der Waals surface area contributed by atoms with E-state index in [1.807, 2.05) is 26.8 Å². The summed E-state index contributed by atoms with van der Waals surface area (Å²) in [5.74, 6) is -0.534. The molecule has 1 amide bonds. The number of carbonyl (C=O) groups is 1. The molecule has 148 valence electrons. The van der Waals surface area contributed by atoms with Crippen LogP contribution in [0.2, 0.25) is 0 Å². The first-order valence-corrected chi connectivity index (χ1v) is 9.37. The monoisotopic (exact) mass is 392 g/mol. The van der Waals surface area contributed by atoms with E-state index < -0.39 is 0 Å². The largest absolute Gasteiger partial charge is 0.319 e.